The summed E-state index contributed by atoms with van der Waals surface area (Å²) in [5.74, 6) is 0. The molecule has 3 nitrogen and oxygen atoms in total. The van der Waals surface area contributed by atoms with Crippen molar-refractivity contribution in [3.8, 4) is 0 Å². The molecule has 0 aliphatic carbocycles. The van der Waals surface area contributed by atoms with Gasteiger partial charge < -0.3 is 9.64 Å². The third kappa shape index (κ3) is 4.11. The largest absolute Gasteiger partial charge is 0.477 e. The quantitative estimate of drug-likeness (QED) is 0.617. The Bertz CT molecular complexity index is 493. The van der Waals surface area contributed by atoms with Crippen LogP contribution in [0.3, 0.4) is 0 Å². The Kier molecular flexibility index (Phi) is 4.66. The number of hydrogen-bond acceptors (Lipinski definition) is 4. The van der Waals surface area contributed by atoms with Crippen LogP contribution in [0, 0.1) is 0 Å². The van der Waals surface area contributed by atoms with Gasteiger partial charge in [0.05, 0.1) is 12.2 Å². The monoisotopic (exact) mass is 304 g/mol. The molecule has 0 saturated carbocycles. The molecule has 0 unspecified atom stereocenters. The SMILES string of the molecule is FC(F)CN(Cc1ccc(Cl)nc1)C1=CC(=S)OC1. The van der Waals surface area contributed by atoms with Crippen molar-refractivity contribution in [2.24, 2.45) is 0 Å². The van der Waals surface area contributed by atoms with Crippen LogP contribution in [0.25, 0.3) is 0 Å². The van der Waals surface area contributed by atoms with E-state index in [2.05, 4.69) is 4.98 Å². The minimum Gasteiger partial charge on any atom is -0.477 e. The fraction of sp³-hybridized carbons (Fsp3) is 0.333. The first kappa shape index (κ1) is 14.1. The van der Waals surface area contributed by atoms with E-state index in [9.17, 15) is 8.78 Å². The molecule has 0 N–H and O–H groups in total. The highest BCUT2D eigenvalue weighted by Gasteiger charge is 2.20. The maximum absolute atomic E-state index is 12.6. The topological polar surface area (TPSA) is 25.4 Å². The number of thiocarbonyl (C=S) groups is 1. The lowest BCUT2D eigenvalue weighted by Crippen LogP contribution is -2.28. The average molecular weight is 305 g/mol. The van der Waals surface area contributed by atoms with Crippen molar-refractivity contribution in [1.82, 2.24) is 9.88 Å². The van der Waals surface area contributed by atoms with Crippen LogP contribution in [-0.4, -0.2) is 34.5 Å². The highest BCUT2D eigenvalue weighted by Crippen LogP contribution is 2.18. The van der Waals surface area contributed by atoms with Gasteiger partial charge in [-0.15, -0.1) is 0 Å². The molecule has 2 heterocycles. The van der Waals surface area contributed by atoms with E-state index in [-0.39, 0.29) is 13.2 Å². The fourth-order valence-electron chi connectivity index (χ4n) is 1.72. The zero-order valence-corrected chi connectivity index (χ0v) is 11.4. The lowest BCUT2D eigenvalue weighted by atomic mass is 10.2. The molecule has 1 aliphatic rings. The van der Waals surface area contributed by atoms with Crippen molar-refractivity contribution in [2.75, 3.05) is 13.2 Å². The molecule has 0 amide bonds. The Balaban J connectivity index is 2.11. The summed E-state index contributed by atoms with van der Waals surface area (Å²) in [5.41, 5.74) is 1.45. The molecule has 0 aromatic carbocycles. The van der Waals surface area contributed by atoms with Gasteiger partial charge in [0.25, 0.3) is 6.43 Å². The highest BCUT2D eigenvalue weighted by atomic mass is 35.5. The van der Waals surface area contributed by atoms with Gasteiger partial charge in [0.1, 0.15) is 11.8 Å². The van der Waals surface area contributed by atoms with Gasteiger partial charge in [-0.3, -0.25) is 0 Å². The zero-order chi connectivity index (χ0) is 13.8. The second-order valence-electron chi connectivity index (χ2n) is 4.00. The average Bonchev–Trinajstić information content (AvgIpc) is 2.77. The van der Waals surface area contributed by atoms with Crippen molar-refractivity contribution >= 4 is 28.9 Å². The molecule has 19 heavy (non-hydrogen) atoms. The van der Waals surface area contributed by atoms with Crippen LogP contribution in [-0.2, 0) is 11.3 Å². The molecular weight excluding hydrogens is 294 g/mol. The van der Waals surface area contributed by atoms with Crippen molar-refractivity contribution in [3.05, 3.63) is 40.8 Å². The van der Waals surface area contributed by atoms with Gasteiger partial charge in [-0.25, -0.2) is 13.8 Å². The molecule has 0 bridgehead atoms. The first-order valence-corrected chi connectivity index (χ1v) is 6.34. The molecule has 2 rings (SSSR count). The van der Waals surface area contributed by atoms with Gasteiger partial charge in [-0.2, -0.15) is 0 Å². The summed E-state index contributed by atoms with van der Waals surface area (Å²) in [5, 5.41) is 0.692. The van der Waals surface area contributed by atoms with Crippen LogP contribution in [0.5, 0.6) is 0 Å². The highest BCUT2D eigenvalue weighted by molar-refractivity contribution is 7.80. The predicted octanol–water partition coefficient (Wildman–Crippen LogP) is 3.04. The summed E-state index contributed by atoms with van der Waals surface area (Å²) in [6.07, 6.45) is 0.728. The lowest BCUT2D eigenvalue weighted by molar-refractivity contribution is 0.0965. The van der Waals surface area contributed by atoms with E-state index in [4.69, 9.17) is 28.6 Å². The second kappa shape index (κ2) is 6.25. The predicted molar refractivity (Wildman–Crippen MR) is 72.3 cm³/mol. The first-order chi connectivity index (χ1) is 9.04. The minimum atomic E-state index is -2.43. The summed E-state index contributed by atoms with van der Waals surface area (Å²) in [6.45, 7) is 0.166. The molecule has 1 aromatic rings. The molecule has 0 saturated heterocycles. The van der Waals surface area contributed by atoms with Crippen molar-refractivity contribution in [2.45, 2.75) is 13.0 Å². The number of rotatable bonds is 5. The van der Waals surface area contributed by atoms with E-state index in [1.807, 2.05) is 0 Å². The number of ether oxygens (including phenoxy) is 1. The Labute approximate surface area is 119 Å². The molecule has 0 atom stereocenters. The minimum absolute atomic E-state index is 0.229. The third-order valence-corrected chi connectivity index (χ3v) is 3.03. The Morgan fingerprint density at radius 1 is 1.47 bits per heavy atom. The van der Waals surface area contributed by atoms with E-state index in [0.29, 0.717) is 22.4 Å². The smallest absolute Gasteiger partial charge is 0.255 e. The standard InChI is InChI=1S/C12H11ClF2N2OS/c13-10-2-1-8(4-16-10)5-17(6-11(14)15)9-3-12(19)18-7-9/h1-4,11H,5-7H2. The molecule has 7 heteroatoms. The maximum Gasteiger partial charge on any atom is 0.255 e. The van der Waals surface area contributed by atoms with Crippen molar-refractivity contribution in [3.63, 3.8) is 0 Å². The second-order valence-corrected chi connectivity index (χ2v) is 4.79. The molecule has 0 radical (unpaired) electrons. The van der Waals surface area contributed by atoms with Crippen molar-refractivity contribution < 1.29 is 13.5 Å². The molecule has 0 spiro atoms. The summed E-state index contributed by atoms with van der Waals surface area (Å²) >= 11 is 10.6. The van der Waals surface area contributed by atoms with Crippen LogP contribution < -0.4 is 0 Å². The summed E-state index contributed by atoms with van der Waals surface area (Å²) in [6, 6.07) is 3.38. The number of aromatic nitrogens is 1. The van der Waals surface area contributed by atoms with Gasteiger partial charge in [-0.1, -0.05) is 17.7 Å². The normalized spacial score (nSPS) is 14.5. The Morgan fingerprint density at radius 3 is 2.79 bits per heavy atom. The van der Waals surface area contributed by atoms with Crippen LogP contribution >= 0.6 is 23.8 Å². The van der Waals surface area contributed by atoms with Gasteiger partial charge in [0.2, 0.25) is 0 Å². The van der Waals surface area contributed by atoms with E-state index in [0.717, 1.165) is 5.56 Å². The van der Waals surface area contributed by atoms with E-state index >= 15 is 0 Å². The van der Waals surface area contributed by atoms with Crippen LogP contribution in [0.15, 0.2) is 30.1 Å². The summed E-state index contributed by atoms with van der Waals surface area (Å²) in [4.78, 5) is 5.46. The fourth-order valence-corrected chi connectivity index (χ4v) is 2.02. The van der Waals surface area contributed by atoms with Gasteiger partial charge in [0.15, 0.2) is 5.05 Å². The van der Waals surface area contributed by atoms with E-state index in [1.165, 1.54) is 4.90 Å². The van der Waals surface area contributed by atoms with Crippen LogP contribution in [0.2, 0.25) is 5.15 Å². The van der Waals surface area contributed by atoms with Crippen LogP contribution in [0.4, 0.5) is 8.78 Å². The number of hydrogen-bond donors (Lipinski definition) is 0. The zero-order valence-electron chi connectivity index (χ0n) is 9.85. The maximum atomic E-state index is 12.6. The van der Waals surface area contributed by atoms with Crippen molar-refractivity contribution in [1.29, 1.82) is 0 Å². The van der Waals surface area contributed by atoms with Crippen LogP contribution in [0.1, 0.15) is 5.56 Å². The molecule has 1 aromatic heterocycles. The number of nitrogens with zero attached hydrogens (tertiary/aromatic N) is 2. The summed E-state index contributed by atoms with van der Waals surface area (Å²) in [7, 11) is 0. The molecule has 0 fully saturated rings. The van der Waals surface area contributed by atoms with Gasteiger partial charge >= 0.3 is 0 Å². The lowest BCUT2D eigenvalue weighted by Gasteiger charge is -2.24. The van der Waals surface area contributed by atoms with Gasteiger partial charge in [-0.05, 0) is 23.8 Å². The first-order valence-electron chi connectivity index (χ1n) is 5.55. The Hall–Kier alpha value is -1.27. The molecule has 1 aliphatic heterocycles. The Morgan fingerprint density at radius 2 is 2.26 bits per heavy atom. The summed E-state index contributed by atoms with van der Waals surface area (Å²) < 4.78 is 30.3. The molecule has 102 valence electrons. The number of alkyl halides is 2. The van der Waals surface area contributed by atoms with Gasteiger partial charge in [0, 0.05) is 18.8 Å². The number of pyridine rings is 1. The van der Waals surface area contributed by atoms with E-state index in [1.54, 1.807) is 24.4 Å². The molecular formula is C12H11ClF2N2OS. The third-order valence-electron chi connectivity index (χ3n) is 2.57. The van der Waals surface area contributed by atoms with E-state index < -0.39 is 6.43 Å². The number of halogens is 3.